The van der Waals surface area contributed by atoms with Gasteiger partial charge in [-0.2, -0.15) is 0 Å². The van der Waals surface area contributed by atoms with Crippen molar-refractivity contribution < 1.29 is 4.52 Å². The summed E-state index contributed by atoms with van der Waals surface area (Å²) in [6.07, 6.45) is 5.51. The lowest BCUT2D eigenvalue weighted by Gasteiger charge is -2.02. The van der Waals surface area contributed by atoms with Crippen LogP contribution in [0.3, 0.4) is 0 Å². The Morgan fingerprint density at radius 2 is 1.94 bits per heavy atom. The summed E-state index contributed by atoms with van der Waals surface area (Å²) >= 11 is 0. The molecule has 2 nitrogen and oxygen atoms in total. The minimum atomic E-state index is 0.812. The van der Waals surface area contributed by atoms with Crippen LogP contribution in [0, 0.1) is 6.92 Å². The lowest BCUT2D eigenvalue weighted by atomic mass is 10.0. The summed E-state index contributed by atoms with van der Waals surface area (Å²) in [6.45, 7) is 9.37. The van der Waals surface area contributed by atoms with Gasteiger partial charge in [0.1, 0.15) is 11.5 Å². The lowest BCUT2D eigenvalue weighted by Crippen LogP contribution is -1.82. The van der Waals surface area contributed by atoms with E-state index in [1.54, 1.807) is 6.08 Å². The van der Waals surface area contributed by atoms with E-state index in [4.69, 9.17) is 4.52 Å². The van der Waals surface area contributed by atoms with Crippen molar-refractivity contribution in [2.45, 2.75) is 6.92 Å². The predicted molar refractivity (Wildman–Crippen MR) is 75.0 cm³/mol. The van der Waals surface area contributed by atoms with Crippen LogP contribution in [0.4, 0.5) is 0 Å². The van der Waals surface area contributed by atoms with Gasteiger partial charge in [0, 0.05) is 11.6 Å². The van der Waals surface area contributed by atoms with Gasteiger partial charge in [-0.3, -0.25) is 0 Å². The van der Waals surface area contributed by atoms with Gasteiger partial charge >= 0.3 is 0 Å². The van der Waals surface area contributed by atoms with Gasteiger partial charge in [0.25, 0.3) is 0 Å². The Morgan fingerprint density at radius 1 is 1.22 bits per heavy atom. The Balaban J connectivity index is 2.33. The van der Waals surface area contributed by atoms with Gasteiger partial charge in [0.15, 0.2) is 0 Å². The van der Waals surface area contributed by atoms with E-state index in [-0.39, 0.29) is 0 Å². The van der Waals surface area contributed by atoms with Gasteiger partial charge < -0.3 is 4.52 Å². The summed E-state index contributed by atoms with van der Waals surface area (Å²) in [7, 11) is 0. The molecule has 0 spiro atoms. The van der Waals surface area contributed by atoms with Crippen LogP contribution in [0.5, 0.6) is 0 Å². The second kappa shape index (κ2) is 5.32. The largest absolute Gasteiger partial charge is 0.361 e. The molecule has 90 valence electrons. The van der Waals surface area contributed by atoms with Gasteiger partial charge in [0.2, 0.25) is 0 Å². The molecular formula is C16H15NO. The van der Waals surface area contributed by atoms with Crippen LogP contribution < -0.4 is 0 Å². The topological polar surface area (TPSA) is 26.0 Å². The zero-order valence-corrected chi connectivity index (χ0v) is 10.4. The number of rotatable bonds is 4. The number of allylic oxidation sites excluding steroid dienone is 4. The van der Waals surface area contributed by atoms with Crippen molar-refractivity contribution in [2.24, 2.45) is 0 Å². The SMILES string of the molecule is C=C/C=C(\C=C)c1ccc(-c2cc(C)on2)cc1. The molecule has 0 aliphatic heterocycles. The Morgan fingerprint density at radius 3 is 2.44 bits per heavy atom. The van der Waals surface area contributed by atoms with Gasteiger partial charge in [-0.25, -0.2) is 0 Å². The van der Waals surface area contributed by atoms with Crippen LogP contribution in [0.25, 0.3) is 16.8 Å². The molecule has 0 saturated heterocycles. The molecule has 0 radical (unpaired) electrons. The molecule has 0 amide bonds. The molecule has 2 aromatic rings. The smallest absolute Gasteiger partial charge is 0.134 e. The van der Waals surface area contributed by atoms with E-state index in [9.17, 15) is 0 Å². The number of hydrogen-bond donors (Lipinski definition) is 0. The van der Waals surface area contributed by atoms with E-state index >= 15 is 0 Å². The van der Waals surface area contributed by atoms with Crippen LogP contribution in [-0.4, -0.2) is 5.16 Å². The third kappa shape index (κ3) is 2.48. The first-order valence-electron chi connectivity index (χ1n) is 5.74. The van der Waals surface area contributed by atoms with Crippen molar-refractivity contribution in [3.05, 3.63) is 73.0 Å². The molecule has 0 aliphatic rings. The molecule has 1 aromatic carbocycles. The third-order valence-corrected chi connectivity index (χ3v) is 2.66. The van der Waals surface area contributed by atoms with Gasteiger partial charge in [-0.15, -0.1) is 0 Å². The first-order chi connectivity index (χ1) is 8.74. The van der Waals surface area contributed by atoms with E-state index in [0.717, 1.165) is 28.2 Å². The van der Waals surface area contributed by atoms with Crippen molar-refractivity contribution in [1.82, 2.24) is 5.16 Å². The number of aromatic nitrogens is 1. The molecule has 2 heteroatoms. The van der Waals surface area contributed by atoms with Crippen LogP contribution in [0.1, 0.15) is 11.3 Å². The van der Waals surface area contributed by atoms with E-state index < -0.39 is 0 Å². The fraction of sp³-hybridized carbons (Fsp3) is 0.0625. The first kappa shape index (κ1) is 12.1. The van der Waals surface area contributed by atoms with Crippen LogP contribution in [-0.2, 0) is 0 Å². The average Bonchev–Trinajstić information content (AvgIpc) is 2.83. The Labute approximate surface area is 107 Å². The minimum Gasteiger partial charge on any atom is -0.361 e. The monoisotopic (exact) mass is 237 g/mol. The highest BCUT2D eigenvalue weighted by molar-refractivity contribution is 5.76. The summed E-state index contributed by atoms with van der Waals surface area (Å²) in [5, 5.41) is 3.99. The highest BCUT2D eigenvalue weighted by Crippen LogP contribution is 2.22. The maximum Gasteiger partial charge on any atom is 0.134 e. The molecule has 1 aromatic heterocycles. The standard InChI is InChI=1S/C16H15NO/c1-4-6-13(5-2)14-7-9-15(10-8-14)16-11-12(3)18-17-16/h4-11H,1-2H2,3H3/b13-6+. The zero-order chi connectivity index (χ0) is 13.0. The van der Waals surface area contributed by atoms with Crippen molar-refractivity contribution >= 4 is 5.57 Å². The van der Waals surface area contributed by atoms with Gasteiger partial charge in [0.05, 0.1) is 0 Å². The molecular weight excluding hydrogens is 222 g/mol. The summed E-state index contributed by atoms with van der Waals surface area (Å²) in [4.78, 5) is 0. The predicted octanol–water partition coefficient (Wildman–Crippen LogP) is 4.41. The molecule has 2 rings (SSSR count). The van der Waals surface area contributed by atoms with Crippen LogP contribution in [0.15, 0.2) is 66.2 Å². The van der Waals surface area contributed by atoms with Gasteiger partial charge in [-0.05, 0) is 18.1 Å². The molecule has 0 aliphatic carbocycles. The van der Waals surface area contributed by atoms with Crippen molar-refractivity contribution in [3.8, 4) is 11.3 Å². The zero-order valence-electron chi connectivity index (χ0n) is 10.4. The molecule has 0 atom stereocenters. The summed E-state index contributed by atoms with van der Waals surface area (Å²) in [5.41, 5.74) is 4.05. The average molecular weight is 237 g/mol. The Hall–Kier alpha value is -2.35. The maximum absolute atomic E-state index is 5.07. The number of benzene rings is 1. The normalized spacial score (nSPS) is 11.3. The highest BCUT2D eigenvalue weighted by atomic mass is 16.5. The molecule has 0 unspecified atom stereocenters. The lowest BCUT2D eigenvalue weighted by molar-refractivity contribution is 0.399. The highest BCUT2D eigenvalue weighted by Gasteiger charge is 2.04. The Bertz CT molecular complexity index is 588. The van der Waals surface area contributed by atoms with Gasteiger partial charge in [-0.1, -0.05) is 60.8 Å². The second-order valence-electron chi connectivity index (χ2n) is 3.96. The third-order valence-electron chi connectivity index (χ3n) is 2.66. The fourth-order valence-corrected chi connectivity index (χ4v) is 1.74. The van der Waals surface area contributed by atoms with Crippen molar-refractivity contribution in [3.63, 3.8) is 0 Å². The van der Waals surface area contributed by atoms with Crippen molar-refractivity contribution in [1.29, 1.82) is 0 Å². The van der Waals surface area contributed by atoms with E-state index in [2.05, 4.69) is 18.3 Å². The first-order valence-corrected chi connectivity index (χ1v) is 5.74. The molecule has 0 saturated carbocycles. The number of hydrogen-bond acceptors (Lipinski definition) is 2. The summed E-state index contributed by atoms with van der Waals surface area (Å²) in [5.74, 6) is 0.812. The molecule has 0 fully saturated rings. The van der Waals surface area contributed by atoms with E-state index in [1.165, 1.54) is 0 Å². The second-order valence-corrected chi connectivity index (χ2v) is 3.96. The molecule has 0 N–H and O–H groups in total. The minimum absolute atomic E-state index is 0.812. The number of nitrogens with zero attached hydrogens (tertiary/aromatic N) is 1. The summed E-state index contributed by atoms with van der Waals surface area (Å²) < 4.78 is 5.07. The quantitative estimate of drug-likeness (QED) is 0.736. The van der Waals surface area contributed by atoms with Crippen molar-refractivity contribution in [2.75, 3.05) is 0 Å². The molecule has 18 heavy (non-hydrogen) atoms. The maximum atomic E-state index is 5.07. The number of aryl methyl sites for hydroxylation is 1. The van der Waals surface area contributed by atoms with E-state index in [0.29, 0.717) is 0 Å². The fourth-order valence-electron chi connectivity index (χ4n) is 1.74. The van der Waals surface area contributed by atoms with Crippen LogP contribution in [0.2, 0.25) is 0 Å². The van der Waals surface area contributed by atoms with Crippen LogP contribution >= 0.6 is 0 Å². The summed E-state index contributed by atoms with van der Waals surface area (Å²) in [6, 6.07) is 10.0. The van der Waals surface area contributed by atoms with E-state index in [1.807, 2.05) is 49.4 Å². The molecule has 0 bridgehead atoms. The Kier molecular flexibility index (Phi) is 3.58. The molecule has 1 heterocycles.